The van der Waals surface area contributed by atoms with Crippen LogP contribution in [0, 0.1) is 0 Å². The Hall–Kier alpha value is -1.36. The van der Waals surface area contributed by atoms with Gasteiger partial charge < -0.3 is 5.73 Å². The normalized spacial score (nSPS) is 24.3. The molecule has 2 atom stereocenters. The van der Waals surface area contributed by atoms with Crippen LogP contribution in [0.15, 0.2) is 17.5 Å². The van der Waals surface area contributed by atoms with E-state index in [2.05, 4.69) is 34.5 Å². The van der Waals surface area contributed by atoms with Crippen molar-refractivity contribution in [1.29, 1.82) is 0 Å². The lowest BCUT2D eigenvalue weighted by Gasteiger charge is -2.26. The fourth-order valence-electron chi connectivity index (χ4n) is 2.42. The van der Waals surface area contributed by atoms with Gasteiger partial charge in [-0.3, -0.25) is 0 Å². The highest BCUT2D eigenvalue weighted by atomic mass is 32.1. The van der Waals surface area contributed by atoms with Gasteiger partial charge in [-0.05, 0) is 17.9 Å². The molecule has 0 spiro atoms. The molecule has 0 aromatic carbocycles. The van der Waals surface area contributed by atoms with Crippen LogP contribution in [0.1, 0.15) is 35.9 Å². The summed E-state index contributed by atoms with van der Waals surface area (Å²) in [6.45, 7) is 3.10. The lowest BCUT2D eigenvalue weighted by molar-refractivity contribution is 0.386. The molecule has 0 amide bonds. The summed E-state index contributed by atoms with van der Waals surface area (Å²) < 4.78 is 1.97. The predicted octanol–water partition coefficient (Wildman–Crippen LogP) is 2.21. The predicted molar refractivity (Wildman–Crippen MR) is 64.5 cm³/mol. The summed E-state index contributed by atoms with van der Waals surface area (Å²) in [6, 6.07) is 4.31. The molecule has 4 nitrogen and oxygen atoms in total. The summed E-state index contributed by atoms with van der Waals surface area (Å²) in [4.78, 5) is 5.72. The maximum atomic E-state index is 5.64. The average molecular weight is 234 g/mol. The number of nitrogens with zero attached hydrogens (tertiary/aromatic N) is 3. The second kappa shape index (κ2) is 3.59. The number of rotatable bonds is 1. The number of thiophene rings is 1. The molecule has 0 fully saturated rings. The van der Waals surface area contributed by atoms with E-state index in [0.29, 0.717) is 17.8 Å². The van der Waals surface area contributed by atoms with E-state index in [-0.39, 0.29) is 0 Å². The molecular weight excluding hydrogens is 220 g/mol. The van der Waals surface area contributed by atoms with Crippen molar-refractivity contribution in [1.82, 2.24) is 14.8 Å². The van der Waals surface area contributed by atoms with Gasteiger partial charge in [0.1, 0.15) is 5.82 Å². The van der Waals surface area contributed by atoms with Crippen molar-refractivity contribution in [3.63, 3.8) is 0 Å². The van der Waals surface area contributed by atoms with Gasteiger partial charge in [-0.15, -0.1) is 16.4 Å². The molecule has 1 aliphatic heterocycles. The molecule has 0 saturated heterocycles. The van der Waals surface area contributed by atoms with E-state index in [1.807, 2.05) is 16.0 Å². The lowest BCUT2D eigenvalue weighted by atomic mass is 9.91. The minimum absolute atomic E-state index is 0.397. The fourth-order valence-corrected chi connectivity index (χ4v) is 3.25. The van der Waals surface area contributed by atoms with Gasteiger partial charge in [0, 0.05) is 16.7 Å². The molecule has 2 N–H and O–H groups in total. The van der Waals surface area contributed by atoms with Crippen LogP contribution in [0.25, 0.3) is 0 Å². The summed E-state index contributed by atoms with van der Waals surface area (Å²) in [6.07, 6.45) is 1.14. The van der Waals surface area contributed by atoms with Crippen molar-refractivity contribution < 1.29 is 0 Å². The van der Waals surface area contributed by atoms with Crippen molar-refractivity contribution in [3.05, 3.63) is 28.2 Å². The molecule has 5 heteroatoms. The van der Waals surface area contributed by atoms with Gasteiger partial charge in [-0.2, -0.15) is 4.98 Å². The molecule has 84 valence electrons. The largest absolute Gasteiger partial charge is 0.366 e. The van der Waals surface area contributed by atoms with Gasteiger partial charge in [0.25, 0.3) is 0 Å². The number of hydrogen-bond acceptors (Lipinski definition) is 4. The SMILES string of the molecule is CC1CC(c2cccs2)Cn2nc(N)nc21. The quantitative estimate of drug-likeness (QED) is 0.823. The zero-order chi connectivity index (χ0) is 11.1. The van der Waals surface area contributed by atoms with Gasteiger partial charge in [0.05, 0.1) is 6.54 Å². The maximum absolute atomic E-state index is 5.64. The first kappa shape index (κ1) is 9.84. The third-order valence-corrected chi connectivity index (χ3v) is 4.17. The van der Waals surface area contributed by atoms with Crippen LogP contribution in [0.3, 0.4) is 0 Å². The van der Waals surface area contributed by atoms with Crippen LogP contribution in [-0.2, 0) is 6.54 Å². The van der Waals surface area contributed by atoms with Gasteiger partial charge in [0.2, 0.25) is 5.95 Å². The Morgan fingerprint density at radius 1 is 1.56 bits per heavy atom. The van der Waals surface area contributed by atoms with Crippen LogP contribution in [-0.4, -0.2) is 14.8 Å². The van der Waals surface area contributed by atoms with Crippen molar-refractivity contribution in [2.24, 2.45) is 0 Å². The first-order chi connectivity index (χ1) is 7.74. The van der Waals surface area contributed by atoms with Crippen LogP contribution in [0.5, 0.6) is 0 Å². The lowest BCUT2D eigenvalue weighted by Crippen LogP contribution is -2.21. The Morgan fingerprint density at radius 2 is 2.44 bits per heavy atom. The second-order valence-electron chi connectivity index (χ2n) is 4.36. The van der Waals surface area contributed by atoms with E-state index in [0.717, 1.165) is 18.8 Å². The topological polar surface area (TPSA) is 56.7 Å². The van der Waals surface area contributed by atoms with Crippen molar-refractivity contribution in [2.75, 3.05) is 5.73 Å². The molecule has 2 unspecified atom stereocenters. The minimum atomic E-state index is 0.397. The first-order valence-electron chi connectivity index (χ1n) is 5.47. The van der Waals surface area contributed by atoms with Gasteiger partial charge in [0.15, 0.2) is 0 Å². The van der Waals surface area contributed by atoms with E-state index >= 15 is 0 Å². The van der Waals surface area contributed by atoms with E-state index in [1.165, 1.54) is 4.88 Å². The molecule has 2 aromatic rings. The third-order valence-electron chi connectivity index (χ3n) is 3.13. The summed E-state index contributed by atoms with van der Waals surface area (Å²) in [5.41, 5.74) is 5.64. The molecule has 0 bridgehead atoms. The first-order valence-corrected chi connectivity index (χ1v) is 6.35. The maximum Gasteiger partial charge on any atom is 0.239 e. The summed E-state index contributed by atoms with van der Waals surface area (Å²) in [5.74, 6) is 2.42. The Kier molecular flexibility index (Phi) is 2.21. The van der Waals surface area contributed by atoms with Gasteiger partial charge >= 0.3 is 0 Å². The van der Waals surface area contributed by atoms with Gasteiger partial charge in [-0.25, -0.2) is 4.68 Å². The fraction of sp³-hybridized carbons (Fsp3) is 0.455. The standard InChI is InChI=1S/C11H14N4S/c1-7-5-8(9-3-2-4-16-9)6-15-10(7)13-11(12)14-15/h2-4,7-8H,5-6H2,1H3,(H2,12,14). The highest BCUT2D eigenvalue weighted by Crippen LogP contribution is 2.36. The molecule has 2 aromatic heterocycles. The Morgan fingerprint density at radius 3 is 3.19 bits per heavy atom. The monoisotopic (exact) mass is 234 g/mol. The Bertz CT molecular complexity index is 488. The zero-order valence-electron chi connectivity index (χ0n) is 9.13. The van der Waals surface area contributed by atoms with Crippen LogP contribution < -0.4 is 5.73 Å². The third kappa shape index (κ3) is 1.51. The number of hydrogen-bond donors (Lipinski definition) is 1. The van der Waals surface area contributed by atoms with Crippen LogP contribution >= 0.6 is 11.3 Å². The molecule has 16 heavy (non-hydrogen) atoms. The second-order valence-corrected chi connectivity index (χ2v) is 5.34. The van der Waals surface area contributed by atoms with Crippen molar-refractivity contribution in [3.8, 4) is 0 Å². The number of fused-ring (bicyclic) bond motifs is 1. The Labute approximate surface area is 98.1 Å². The summed E-state index contributed by atoms with van der Waals surface area (Å²) >= 11 is 1.82. The highest BCUT2D eigenvalue weighted by molar-refractivity contribution is 7.10. The highest BCUT2D eigenvalue weighted by Gasteiger charge is 2.28. The molecule has 0 saturated carbocycles. The Balaban J connectivity index is 1.94. The van der Waals surface area contributed by atoms with Crippen molar-refractivity contribution in [2.45, 2.75) is 31.7 Å². The molecular formula is C11H14N4S. The van der Waals surface area contributed by atoms with Gasteiger partial charge in [-0.1, -0.05) is 13.0 Å². The molecule has 1 aliphatic rings. The molecule has 0 aliphatic carbocycles. The van der Waals surface area contributed by atoms with Crippen molar-refractivity contribution >= 4 is 17.3 Å². The number of anilines is 1. The smallest absolute Gasteiger partial charge is 0.239 e. The van der Waals surface area contributed by atoms with E-state index in [4.69, 9.17) is 5.73 Å². The van der Waals surface area contributed by atoms with Crippen LogP contribution in [0.2, 0.25) is 0 Å². The molecule has 3 heterocycles. The summed E-state index contributed by atoms with van der Waals surface area (Å²) in [5, 5.41) is 6.38. The number of nitrogen functional groups attached to an aromatic ring is 1. The van der Waals surface area contributed by atoms with E-state index < -0.39 is 0 Å². The zero-order valence-corrected chi connectivity index (χ0v) is 9.94. The average Bonchev–Trinajstić information content (AvgIpc) is 2.84. The molecule has 0 radical (unpaired) electrons. The number of nitrogens with two attached hydrogens (primary N) is 1. The van der Waals surface area contributed by atoms with E-state index in [9.17, 15) is 0 Å². The van der Waals surface area contributed by atoms with Crippen LogP contribution in [0.4, 0.5) is 5.95 Å². The molecule has 3 rings (SSSR count). The van der Waals surface area contributed by atoms with E-state index in [1.54, 1.807) is 0 Å². The minimum Gasteiger partial charge on any atom is -0.366 e. The summed E-state index contributed by atoms with van der Waals surface area (Å²) in [7, 11) is 0. The number of aromatic nitrogens is 3.